The lowest BCUT2D eigenvalue weighted by Gasteiger charge is -2.23. The smallest absolute Gasteiger partial charge is 0.319 e. The van der Waals surface area contributed by atoms with E-state index in [2.05, 4.69) is 20.7 Å². The summed E-state index contributed by atoms with van der Waals surface area (Å²) in [5.41, 5.74) is 0.0409. The highest BCUT2D eigenvalue weighted by Crippen LogP contribution is 2.25. The van der Waals surface area contributed by atoms with Crippen LogP contribution in [-0.2, 0) is 16.4 Å². The molecule has 1 aliphatic rings. The van der Waals surface area contributed by atoms with Crippen LogP contribution < -0.4 is 10.6 Å². The molecule has 140 valence electrons. The number of nitrogens with zero attached hydrogens (tertiary/aromatic N) is 3. The van der Waals surface area contributed by atoms with Crippen molar-refractivity contribution < 1.29 is 17.6 Å². The number of hydrogen-bond acceptors (Lipinski definition) is 5. The van der Waals surface area contributed by atoms with Gasteiger partial charge in [-0.25, -0.2) is 27.3 Å². The molecule has 2 amide bonds. The largest absolute Gasteiger partial charge is 0.328 e. The van der Waals surface area contributed by atoms with Gasteiger partial charge in [-0.15, -0.1) is 0 Å². The van der Waals surface area contributed by atoms with Gasteiger partial charge in [-0.1, -0.05) is 6.92 Å². The summed E-state index contributed by atoms with van der Waals surface area (Å²) in [5, 5.41) is 9.57. The minimum absolute atomic E-state index is 0.0409. The van der Waals surface area contributed by atoms with Crippen LogP contribution in [0.25, 0.3) is 0 Å². The fourth-order valence-electron chi connectivity index (χ4n) is 2.93. The van der Waals surface area contributed by atoms with E-state index in [0.29, 0.717) is 18.1 Å². The Morgan fingerprint density at radius 2 is 2.19 bits per heavy atom. The number of hydrogen-bond donors (Lipinski definition) is 2. The summed E-state index contributed by atoms with van der Waals surface area (Å²) in [5.74, 6) is 0.421. The number of urea groups is 1. The Labute approximate surface area is 150 Å². The highest BCUT2D eigenvalue weighted by Gasteiger charge is 2.26. The van der Waals surface area contributed by atoms with Crippen molar-refractivity contribution >= 4 is 21.6 Å². The predicted octanol–water partition coefficient (Wildman–Crippen LogP) is 2.18. The van der Waals surface area contributed by atoms with E-state index in [-0.39, 0.29) is 22.4 Å². The molecule has 2 N–H and O–H groups in total. The van der Waals surface area contributed by atoms with Crippen LogP contribution in [0.15, 0.2) is 23.1 Å². The number of carbonyl (C=O) groups excluding carboxylic acids is 1. The van der Waals surface area contributed by atoms with Crippen LogP contribution >= 0.6 is 0 Å². The molecule has 3 rings (SSSR count). The average molecular weight is 381 g/mol. The van der Waals surface area contributed by atoms with Crippen molar-refractivity contribution in [2.45, 2.75) is 44.2 Å². The molecule has 0 bridgehead atoms. The molecule has 1 atom stereocenters. The lowest BCUT2D eigenvalue weighted by atomic mass is 10.1. The zero-order valence-corrected chi connectivity index (χ0v) is 15.3. The van der Waals surface area contributed by atoms with E-state index in [0.717, 1.165) is 25.1 Å². The summed E-state index contributed by atoms with van der Waals surface area (Å²) in [6, 6.07) is 2.35. The standard InChI is InChI=1S/C16H20FN5O3S/c1-3-26(24,25)14-9-11(17)6-7-12(14)19-16(23)20-13-5-4-8-22-15(13)18-10(2)21-22/h6-7,9,13H,3-5,8H2,1-2H3,(H2,19,20,23). The fourth-order valence-corrected chi connectivity index (χ4v) is 3.99. The Balaban J connectivity index is 1.80. The first-order valence-electron chi connectivity index (χ1n) is 8.31. The van der Waals surface area contributed by atoms with Gasteiger partial charge in [0, 0.05) is 6.54 Å². The number of sulfone groups is 1. The molecule has 0 saturated heterocycles. The number of rotatable bonds is 4. The van der Waals surface area contributed by atoms with Crippen molar-refractivity contribution in [1.29, 1.82) is 0 Å². The van der Waals surface area contributed by atoms with Crippen LogP contribution in [0.4, 0.5) is 14.9 Å². The van der Waals surface area contributed by atoms with E-state index in [1.165, 1.54) is 13.0 Å². The van der Waals surface area contributed by atoms with Crippen molar-refractivity contribution in [2.75, 3.05) is 11.1 Å². The van der Waals surface area contributed by atoms with Gasteiger partial charge in [0.15, 0.2) is 9.84 Å². The van der Waals surface area contributed by atoms with Gasteiger partial charge in [-0.05, 0) is 38.0 Å². The third kappa shape index (κ3) is 3.69. The third-order valence-corrected chi connectivity index (χ3v) is 5.96. The quantitative estimate of drug-likeness (QED) is 0.844. The summed E-state index contributed by atoms with van der Waals surface area (Å²) in [6.45, 7) is 3.98. The number of halogens is 1. The second kappa shape index (κ2) is 7.02. The van der Waals surface area contributed by atoms with E-state index >= 15 is 0 Å². The second-order valence-corrected chi connectivity index (χ2v) is 8.32. The maximum Gasteiger partial charge on any atom is 0.319 e. The average Bonchev–Trinajstić information content (AvgIpc) is 2.97. The van der Waals surface area contributed by atoms with E-state index in [1.807, 2.05) is 0 Å². The predicted molar refractivity (Wildman–Crippen MR) is 93.0 cm³/mol. The van der Waals surface area contributed by atoms with E-state index in [9.17, 15) is 17.6 Å². The minimum Gasteiger partial charge on any atom is -0.328 e. The van der Waals surface area contributed by atoms with Crippen molar-refractivity contribution in [2.24, 2.45) is 0 Å². The van der Waals surface area contributed by atoms with Crippen molar-refractivity contribution in [1.82, 2.24) is 20.1 Å². The van der Waals surface area contributed by atoms with Gasteiger partial charge in [0.2, 0.25) is 0 Å². The van der Waals surface area contributed by atoms with E-state index < -0.39 is 21.7 Å². The molecule has 2 heterocycles. The van der Waals surface area contributed by atoms with Crippen molar-refractivity contribution in [3.63, 3.8) is 0 Å². The zero-order chi connectivity index (χ0) is 18.9. The highest BCUT2D eigenvalue weighted by atomic mass is 32.2. The van der Waals surface area contributed by atoms with Gasteiger partial charge < -0.3 is 10.6 Å². The van der Waals surface area contributed by atoms with Gasteiger partial charge >= 0.3 is 6.03 Å². The molecule has 0 saturated carbocycles. The number of aryl methyl sites for hydroxylation is 2. The first-order chi connectivity index (χ1) is 12.3. The van der Waals surface area contributed by atoms with Crippen LogP contribution in [0.1, 0.15) is 37.5 Å². The molecule has 1 unspecified atom stereocenters. The number of nitrogens with one attached hydrogen (secondary N) is 2. The molecule has 26 heavy (non-hydrogen) atoms. The maximum atomic E-state index is 13.5. The maximum absolute atomic E-state index is 13.5. The highest BCUT2D eigenvalue weighted by molar-refractivity contribution is 7.91. The summed E-state index contributed by atoms with van der Waals surface area (Å²) < 4.78 is 39.5. The molecular weight excluding hydrogens is 361 g/mol. The van der Waals surface area contributed by atoms with Gasteiger partial charge in [-0.2, -0.15) is 5.10 Å². The lowest BCUT2D eigenvalue weighted by molar-refractivity contribution is 0.244. The summed E-state index contributed by atoms with van der Waals surface area (Å²) in [7, 11) is -3.68. The SMILES string of the molecule is CCS(=O)(=O)c1cc(F)ccc1NC(=O)NC1CCCn2nc(C)nc21. The van der Waals surface area contributed by atoms with E-state index in [1.54, 1.807) is 11.6 Å². The molecule has 0 radical (unpaired) electrons. The lowest BCUT2D eigenvalue weighted by Crippen LogP contribution is -2.36. The molecule has 1 aromatic heterocycles. The molecular formula is C16H20FN5O3S. The first kappa shape index (κ1) is 18.3. The molecule has 1 aliphatic heterocycles. The van der Waals surface area contributed by atoms with Crippen LogP contribution in [0, 0.1) is 12.7 Å². The Bertz CT molecular complexity index is 941. The van der Waals surface area contributed by atoms with Crippen LogP contribution in [0.5, 0.6) is 0 Å². The molecule has 8 nitrogen and oxygen atoms in total. The Morgan fingerprint density at radius 3 is 2.92 bits per heavy atom. The number of fused-ring (bicyclic) bond motifs is 1. The number of carbonyl (C=O) groups is 1. The van der Waals surface area contributed by atoms with E-state index in [4.69, 9.17) is 0 Å². The second-order valence-electron chi connectivity index (χ2n) is 6.08. The van der Waals surface area contributed by atoms with Crippen molar-refractivity contribution in [3.05, 3.63) is 35.7 Å². The monoisotopic (exact) mass is 381 g/mol. The van der Waals surface area contributed by atoms with Crippen LogP contribution in [-0.4, -0.2) is 35.0 Å². The Kier molecular flexibility index (Phi) is 4.94. The van der Waals surface area contributed by atoms with Gasteiger partial charge in [0.25, 0.3) is 0 Å². The Hall–Kier alpha value is -2.49. The molecule has 2 aromatic rings. The van der Waals surface area contributed by atoms with Crippen LogP contribution in [0.2, 0.25) is 0 Å². The van der Waals surface area contributed by atoms with Gasteiger partial charge in [0.05, 0.1) is 22.4 Å². The number of amides is 2. The summed E-state index contributed by atoms with van der Waals surface area (Å²) >= 11 is 0. The molecule has 10 heteroatoms. The van der Waals surface area contributed by atoms with Gasteiger partial charge in [0.1, 0.15) is 17.5 Å². The first-order valence-corrected chi connectivity index (χ1v) is 9.96. The molecule has 0 spiro atoms. The molecule has 1 aromatic carbocycles. The fraction of sp³-hybridized carbons (Fsp3) is 0.438. The topological polar surface area (TPSA) is 106 Å². The number of anilines is 1. The molecule has 0 fully saturated rings. The number of benzene rings is 1. The van der Waals surface area contributed by atoms with Gasteiger partial charge in [-0.3, -0.25) is 0 Å². The Morgan fingerprint density at radius 1 is 1.42 bits per heavy atom. The zero-order valence-electron chi connectivity index (χ0n) is 14.5. The molecule has 0 aliphatic carbocycles. The third-order valence-electron chi connectivity index (χ3n) is 4.19. The number of aromatic nitrogens is 3. The summed E-state index contributed by atoms with van der Waals surface area (Å²) in [4.78, 5) is 16.5. The van der Waals surface area contributed by atoms with Crippen molar-refractivity contribution in [3.8, 4) is 0 Å². The normalized spacial score (nSPS) is 16.8. The summed E-state index contributed by atoms with van der Waals surface area (Å²) in [6.07, 6.45) is 1.54. The van der Waals surface area contributed by atoms with Crippen LogP contribution in [0.3, 0.4) is 0 Å². The minimum atomic E-state index is -3.68.